The van der Waals surface area contributed by atoms with Crippen LogP contribution in [-0.2, 0) is 4.79 Å². The molecule has 0 saturated heterocycles. The van der Waals surface area contributed by atoms with Crippen molar-refractivity contribution >= 4 is 11.6 Å². The number of amides is 1. The fraction of sp³-hybridized carbons (Fsp3) is 0.562. The highest BCUT2D eigenvalue weighted by molar-refractivity contribution is 5.88. The molecule has 1 aliphatic rings. The molecule has 3 N–H and O–H groups in total. The zero-order valence-electron chi connectivity index (χ0n) is 11.9. The lowest BCUT2D eigenvalue weighted by molar-refractivity contribution is -0.122. The molecule has 2 rings (SSSR count). The van der Waals surface area contributed by atoms with Gasteiger partial charge in [0.1, 0.15) is 5.54 Å². The first-order valence-electron chi connectivity index (χ1n) is 7.17. The first-order chi connectivity index (χ1) is 9.02. The van der Waals surface area contributed by atoms with Crippen LogP contribution in [0.5, 0.6) is 0 Å². The molecule has 1 aliphatic carbocycles. The largest absolute Gasteiger partial charge is 0.371 e. The van der Waals surface area contributed by atoms with E-state index in [0.717, 1.165) is 31.4 Å². The smallest absolute Gasteiger partial charge is 0.243 e. The van der Waals surface area contributed by atoms with Gasteiger partial charge in [-0.15, -0.1) is 0 Å². The van der Waals surface area contributed by atoms with Crippen LogP contribution >= 0.6 is 0 Å². The highest BCUT2D eigenvalue weighted by Crippen LogP contribution is 2.33. The molecular formula is C16H24N2O. The topological polar surface area (TPSA) is 55.1 Å². The molecule has 2 unspecified atom stereocenters. The van der Waals surface area contributed by atoms with Crippen LogP contribution < -0.4 is 11.1 Å². The molecule has 0 aromatic heterocycles. The van der Waals surface area contributed by atoms with Crippen molar-refractivity contribution in [1.29, 1.82) is 0 Å². The standard InChI is InChI=1S/C16H24N2O/c1-12-6-4-9-16(10-8-12,15(17)19)18-14-7-3-5-13(2)11-14/h3,5,7,11-12,18H,4,6,8-10H2,1-2H3,(H2,17,19). The highest BCUT2D eigenvalue weighted by Gasteiger charge is 2.37. The molecule has 3 heteroatoms. The normalized spacial score (nSPS) is 27.6. The monoisotopic (exact) mass is 260 g/mol. The molecule has 1 aromatic rings. The van der Waals surface area contributed by atoms with Gasteiger partial charge in [0.2, 0.25) is 5.91 Å². The van der Waals surface area contributed by atoms with Gasteiger partial charge in [-0.3, -0.25) is 4.79 Å². The third kappa shape index (κ3) is 3.28. The minimum atomic E-state index is -0.571. The van der Waals surface area contributed by atoms with Gasteiger partial charge in [0, 0.05) is 5.69 Å². The summed E-state index contributed by atoms with van der Waals surface area (Å²) in [5.74, 6) is 0.462. The summed E-state index contributed by atoms with van der Waals surface area (Å²) in [7, 11) is 0. The van der Waals surface area contributed by atoms with Gasteiger partial charge in [0.15, 0.2) is 0 Å². The second kappa shape index (κ2) is 5.64. The number of hydrogen-bond acceptors (Lipinski definition) is 2. The summed E-state index contributed by atoms with van der Waals surface area (Å²) >= 11 is 0. The van der Waals surface area contributed by atoms with Gasteiger partial charge in [-0.2, -0.15) is 0 Å². The second-order valence-corrected chi connectivity index (χ2v) is 5.98. The summed E-state index contributed by atoms with van der Waals surface area (Å²) < 4.78 is 0. The second-order valence-electron chi connectivity index (χ2n) is 5.98. The molecule has 0 aliphatic heterocycles. The number of primary amides is 1. The molecule has 104 valence electrons. The Morgan fingerprint density at radius 1 is 1.37 bits per heavy atom. The van der Waals surface area contributed by atoms with Gasteiger partial charge in [0.25, 0.3) is 0 Å². The van der Waals surface area contributed by atoms with Crippen LogP contribution in [0.1, 0.15) is 44.6 Å². The van der Waals surface area contributed by atoms with Crippen molar-refractivity contribution in [3.63, 3.8) is 0 Å². The first kappa shape index (κ1) is 13.9. The maximum atomic E-state index is 12.0. The summed E-state index contributed by atoms with van der Waals surface area (Å²) in [6.45, 7) is 4.31. The fourth-order valence-corrected chi connectivity index (χ4v) is 2.95. The molecule has 0 heterocycles. The van der Waals surface area contributed by atoms with Crippen LogP contribution in [0, 0.1) is 12.8 Å². The fourth-order valence-electron chi connectivity index (χ4n) is 2.95. The SMILES string of the molecule is Cc1cccc(NC2(C(N)=O)CCCC(C)CC2)c1. The van der Waals surface area contributed by atoms with Crippen molar-refractivity contribution < 1.29 is 4.79 Å². The molecule has 1 amide bonds. The Hall–Kier alpha value is -1.51. The van der Waals surface area contributed by atoms with E-state index in [-0.39, 0.29) is 5.91 Å². The maximum Gasteiger partial charge on any atom is 0.243 e. The maximum absolute atomic E-state index is 12.0. The Bertz CT molecular complexity index is 458. The number of benzene rings is 1. The van der Waals surface area contributed by atoms with E-state index in [1.54, 1.807) is 0 Å². The van der Waals surface area contributed by atoms with Crippen LogP contribution in [0.3, 0.4) is 0 Å². The Morgan fingerprint density at radius 2 is 2.16 bits per heavy atom. The van der Waals surface area contributed by atoms with Crippen LogP contribution in [0.25, 0.3) is 0 Å². The zero-order chi connectivity index (χ0) is 13.9. The van der Waals surface area contributed by atoms with E-state index in [1.807, 2.05) is 12.1 Å². The number of carbonyl (C=O) groups excluding carboxylic acids is 1. The van der Waals surface area contributed by atoms with E-state index >= 15 is 0 Å². The Balaban J connectivity index is 2.22. The van der Waals surface area contributed by atoms with E-state index in [4.69, 9.17) is 5.73 Å². The lowest BCUT2D eigenvalue weighted by Gasteiger charge is -2.32. The molecule has 0 spiro atoms. The lowest BCUT2D eigenvalue weighted by Crippen LogP contribution is -2.50. The number of hydrogen-bond donors (Lipinski definition) is 2. The summed E-state index contributed by atoms with van der Waals surface area (Å²) in [5.41, 5.74) is 7.31. The Morgan fingerprint density at radius 3 is 2.84 bits per heavy atom. The summed E-state index contributed by atoms with van der Waals surface area (Å²) in [6.07, 6.45) is 4.97. The molecule has 2 atom stereocenters. The zero-order valence-corrected chi connectivity index (χ0v) is 11.9. The molecule has 1 aromatic carbocycles. The van der Waals surface area contributed by atoms with Crippen molar-refractivity contribution in [2.75, 3.05) is 5.32 Å². The Labute approximate surface area is 115 Å². The molecule has 0 radical (unpaired) electrons. The van der Waals surface area contributed by atoms with E-state index in [2.05, 4.69) is 31.3 Å². The first-order valence-corrected chi connectivity index (χ1v) is 7.17. The number of aryl methyl sites for hydroxylation is 1. The van der Waals surface area contributed by atoms with Gasteiger partial charge in [0.05, 0.1) is 0 Å². The summed E-state index contributed by atoms with van der Waals surface area (Å²) in [5, 5.41) is 3.42. The number of nitrogens with one attached hydrogen (secondary N) is 1. The van der Waals surface area contributed by atoms with Crippen LogP contribution in [-0.4, -0.2) is 11.4 Å². The Kier molecular flexibility index (Phi) is 4.13. The molecule has 1 fully saturated rings. The van der Waals surface area contributed by atoms with Crippen LogP contribution in [0.2, 0.25) is 0 Å². The number of anilines is 1. The summed E-state index contributed by atoms with van der Waals surface area (Å²) in [6, 6.07) is 8.13. The average molecular weight is 260 g/mol. The van der Waals surface area contributed by atoms with E-state index in [0.29, 0.717) is 5.92 Å². The van der Waals surface area contributed by atoms with Crippen LogP contribution in [0.4, 0.5) is 5.69 Å². The average Bonchev–Trinajstić information content (AvgIpc) is 2.53. The van der Waals surface area contributed by atoms with Crippen LogP contribution in [0.15, 0.2) is 24.3 Å². The highest BCUT2D eigenvalue weighted by atomic mass is 16.1. The van der Waals surface area contributed by atoms with E-state index in [9.17, 15) is 4.79 Å². The summed E-state index contributed by atoms with van der Waals surface area (Å²) in [4.78, 5) is 12.0. The van der Waals surface area contributed by atoms with E-state index < -0.39 is 5.54 Å². The van der Waals surface area contributed by atoms with Crippen molar-refractivity contribution in [2.24, 2.45) is 11.7 Å². The third-order valence-corrected chi connectivity index (χ3v) is 4.24. The number of rotatable bonds is 3. The molecular weight excluding hydrogens is 236 g/mol. The van der Waals surface area contributed by atoms with Gasteiger partial charge >= 0.3 is 0 Å². The van der Waals surface area contributed by atoms with Crippen molar-refractivity contribution in [1.82, 2.24) is 0 Å². The van der Waals surface area contributed by atoms with Gasteiger partial charge in [-0.25, -0.2) is 0 Å². The van der Waals surface area contributed by atoms with Crippen molar-refractivity contribution in [2.45, 2.75) is 51.5 Å². The minimum Gasteiger partial charge on any atom is -0.371 e. The molecule has 0 bridgehead atoms. The lowest BCUT2D eigenvalue weighted by atomic mass is 9.88. The third-order valence-electron chi connectivity index (χ3n) is 4.24. The molecule has 1 saturated carbocycles. The molecule has 3 nitrogen and oxygen atoms in total. The van der Waals surface area contributed by atoms with Crippen molar-refractivity contribution in [3.05, 3.63) is 29.8 Å². The minimum absolute atomic E-state index is 0.219. The van der Waals surface area contributed by atoms with Gasteiger partial charge < -0.3 is 11.1 Å². The van der Waals surface area contributed by atoms with Gasteiger partial charge in [-0.1, -0.05) is 31.9 Å². The predicted molar refractivity (Wildman–Crippen MR) is 79.0 cm³/mol. The number of carbonyl (C=O) groups is 1. The number of nitrogens with two attached hydrogens (primary N) is 1. The van der Waals surface area contributed by atoms with E-state index in [1.165, 1.54) is 12.0 Å². The molecule has 19 heavy (non-hydrogen) atoms. The predicted octanol–water partition coefficient (Wildman–Crippen LogP) is 3.23. The van der Waals surface area contributed by atoms with Gasteiger partial charge in [-0.05, 0) is 49.8 Å². The quantitative estimate of drug-likeness (QED) is 0.820. The van der Waals surface area contributed by atoms with Crippen molar-refractivity contribution in [3.8, 4) is 0 Å².